The van der Waals surface area contributed by atoms with Gasteiger partial charge in [0.1, 0.15) is 6.04 Å². The van der Waals surface area contributed by atoms with Crippen LogP contribution in [0.3, 0.4) is 0 Å². The zero-order chi connectivity index (χ0) is 14.8. The molecule has 110 valence electrons. The monoisotopic (exact) mass is 284 g/mol. The summed E-state index contributed by atoms with van der Waals surface area (Å²) in [4.78, 5) is 11.2. The summed E-state index contributed by atoms with van der Waals surface area (Å²) in [6, 6.07) is -0.316. The summed E-state index contributed by atoms with van der Waals surface area (Å²) in [6.45, 7) is 14.6. The lowest BCUT2D eigenvalue weighted by atomic mass is 9.97. The molecule has 5 heteroatoms. The third kappa shape index (κ3) is 4.16. The third-order valence-electron chi connectivity index (χ3n) is 4.29. The molecule has 1 aliphatic rings. The number of carbonyl (C=O) groups excluding carboxylic acids is 1. The maximum absolute atomic E-state index is 11.2. The van der Waals surface area contributed by atoms with Crippen LogP contribution >= 0.6 is 0 Å². The minimum atomic E-state index is -1.70. The molecule has 0 aromatic heterocycles. The van der Waals surface area contributed by atoms with Gasteiger partial charge >= 0.3 is 0 Å². The molecular weight excluding hydrogens is 256 g/mol. The molecule has 1 rings (SSSR count). The number of hydrogen-bond acceptors (Lipinski definition) is 3. The molecule has 0 saturated carbocycles. The van der Waals surface area contributed by atoms with Crippen molar-refractivity contribution in [3.63, 3.8) is 0 Å². The van der Waals surface area contributed by atoms with E-state index in [2.05, 4.69) is 45.3 Å². The zero-order valence-corrected chi connectivity index (χ0v) is 14.0. The van der Waals surface area contributed by atoms with Crippen LogP contribution in [-0.4, -0.2) is 33.4 Å². The maximum Gasteiger partial charge on any atom is 0.238 e. The first-order valence-corrected chi connectivity index (χ1v) is 9.80. The van der Waals surface area contributed by atoms with Gasteiger partial charge in [0.25, 0.3) is 0 Å². The molecule has 0 spiro atoms. The maximum atomic E-state index is 11.2. The van der Waals surface area contributed by atoms with E-state index in [4.69, 9.17) is 10.2 Å². The van der Waals surface area contributed by atoms with Gasteiger partial charge in [-0.2, -0.15) is 0 Å². The van der Waals surface area contributed by atoms with E-state index in [1.165, 1.54) is 0 Å². The van der Waals surface area contributed by atoms with Crippen LogP contribution in [0.2, 0.25) is 18.1 Å². The smallest absolute Gasteiger partial charge is 0.238 e. The molecule has 0 radical (unpaired) electrons. The largest absolute Gasteiger partial charge is 0.416 e. The molecule has 0 aromatic carbocycles. The molecule has 0 aliphatic carbocycles. The zero-order valence-electron chi connectivity index (χ0n) is 13.0. The Morgan fingerprint density at radius 1 is 1.53 bits per heavy atom. The molecular formula is C14H28N2O2Si. The highest BCUT2D eigenvalue weighted by Crippen LogP contribution is 2.36. The van der Waals surface area contributed by atoms with E-state index in [-0.39, 0.29) is 17.0 Å². The van der Waals surface area contributed by atoms with Gasteiger partial charge in [0.15, 0.2) is 8.32 Å². The van der Waals surface area contributed by atoms with Gasteiger partial charge in [-0.15, -0.1) is 0 Å². The minimum absolute atomic E-state index is 0.226. The first kappa shape index (κ1) is 16.4. The Balaban J connectivity index is 2.60. The van der Waals surface area contributed by atoms with Gasteiger partial charge in [-0.1, -0.05) is 32.4 Å². The van der Waals surface area contributed by atoms with Crippen molar-refractivity contribution in [2.45, 2.75) is 51.9 Å². The molecule has 0 fully saturated rings. The fourth-order valence-electron chi connectivity index (χ4n) is 1.92. The molecule has 4 nitrogen and oxygen atoms in total. The van der Waals surface area contributed by atoms with Crippen LogP contribution in [0.25, 0.3) is 0 Å². The quantitative estimate of drug-likeness (QED) is 0.613. The first-order valence-electron chi connectivity index (χ1n) is 6.89. The Kier molecular flexibility index (Phi) is 4.98. The number of rotatable bonds is 4. The topological polar surface area (TPSA) is 64.3 Å². The molecule has 2 atom stereocenters. The second-order valence-corrected chi connectivity index (χ2v) is 11.8. The standard InChI is InChI=1S/C14H28N2O2Si/c1-10-7-11(8-16-12(10)13(15)17)9-18-19(5,6)14(2,3)4/h7,11-12,16H,8-9H2,1-6H3,(H2,15,17)/t11-,12+/m1/s1. The summed E-state index contributed by atoms with van der Waals surface area (Å²) in [7, 11) is -1.70. The van der Waals surface area contributed by atoms with Crippen LogP contribution in [0.1, 0.15) is 27.7 Å². The van der Waals surface area contributed by atoms with Crippen molar-refractivity contribution in [1.82, 2.24) is 5.32 Å². The molecule has 1 aliphatic heterocycles. The van der Waals surface area contributed by atoms with Crippen molar-refractivity contribution in [2.75, 3.05) is 13.2 Å². The Morgan fingerprint density at radius 2 is 2.11 bits per heavy atom. The van der Waals surface area contributed by atoms with E-state index >= 15 is 0 Å². The van der Waals surface area contributed by atoms with Crippen molar-refractivity contribution in [1.29, 1.82) is 0 Å². The second-order valence-electron chi connectivity index (χ2n) is 6.99. The van der Waals surface area contributed by atoms with Crippen molar-refractivity contribution >= 4 is 14.2 Å². The Bertz CT molecular complexity index is 372. The molecule has 0 saturated heterocycles. The van der Waals surface area contributed by atoms with Crippen LogP contribution in [0.4, 0.5) is 0 Å². The Labute approximate surface area is 117 Å². The summed E-state index contributed by atoms with van der Waals surface area (Å²) < 4.78 is 6.22. The average Bonchev–Trinajstić information content (AvgIpc) is 2.24. The van der Waals surface area contributed by atoms with Crippen molar-refractivity contribution in [2.24, 2.45) is 11.7 Å². The fraction of sp³-hybridized carbons (Fsp3) is 0.786. The summed E-state index contributed by atoms with van der Waals surface area (Å²) in [5.74, 6) is 0.0160. The van der Waals surface area contributed by atoms with Gasteiger partial charge in [-0.05, 0) is 25.1 Å². The number of hydrogen-bond donors (Lipinski definition) is 2. The van der Waals surface area contributed by atoms with Gasteiger partial charge in [0.2, 0.25) is 5.91 Å². The second kappa shape index (κ2) is 5.77. The van der Waals surface area contributed by atoms with Crippen molar-refractivity contribution < 1.29 is 9.22 Å². The molecule has 1 amide bonds. The highest BCUT2D eigenvalue weighted by atomic mass is 28.4. The van der Waals surface area contributed by atoms with Gasteiger partial charge in [0, 0.05) is 19.1 Å². The normalized spacial score (nSPS) is 25.1. The van der Waals surface area contributed by atoms with Crippen molar-refractivity contribution in [3.8, 4) is 0 Å². The first-order chi connectivity index (χ1) is 8.54. The SMILES string of the molecule is CC1=C[C@@H](CO[Si](C)(C)C(C)(C)C)CN[C@@H]1C(N)=O. The van der Waals surface area contributed by atoms with Crippen LogP contribution in [0.5, 0.6) is 0 Å². The number of carbonyl (C=O) groups is 1. The molecule has 0 bridgehead atoms. The van der Waals surface area contributed by atoms with E-state index in [1.54, 1.807) is 0 Å². The summed E-state index contributed by atoms with van der Waals surface area (Å²) in [5, 5.41) is 3.41. The molecule has 0 aromatic rings. The van der Waals surface area contributed by atoms with E-state index in [9.17, 15) is 4.79 Å². The third-order valence-corrected chi connectivity index (χ3v) is 8.79. The lowest BCUT2D eigenvalue weighted by molar-refractivity contribution is -0.119. The Hall–Kier alpha value is -0.653. The highest BCUT2D eigenvalue weighted by molar-refractivity contribution is 6.74. The van der Waals surface area contributed by atoms with Gasteiger partial charge < -0.3 is 15.5 Å². The van der Waals surface area contributed by atoms with Crippen LogP contribution in [0.15, 0.2) is 11.6 Å². The van der Waals surface area contributed by atoms with E-state index in [1.807, 2.05) is 6.92 Å². The van der Waals surface area contributed by atoms with Gasteiger partial charge in [0.05, 0.1) is 0 Å². The molecule has 1 heterocycles. The highest BCUT2D eigenvalue weighted by Gasteiger charge is 2.37. The summed E-state index contributed by atoms with van der Waals surface area (Å²) >= 11 is 0. The Morgan fingerprint density at radius 3 is 2.53 bits per heavy atom. The number of amides is 1. The lowest BCUT2D eigenvalue weighted by Crippen LogP contribution is -2.48. The fourth-order valence-corrected chi connectivity index (χ4v) is 2.98. The van der Waals surface area contributed by atoms with Crippen LogP contribution < -0.4 is 11.1 Å². The predicted molar refractivity (Wildman–Crippen MR) is 81.4 cm³/mol. The van der Waals surface area contributed by atoms with E-state index in [0.717, 1.165) is 12.1 Å². The molecule has 3 N–H and O–H groups in total. The summed E-state index contributed by atoms with van der Waals surface area (Å²) in [5.41, 5.74) is 6.34. The molecule has 19 heavy (non-hydrogen) atoms. The average molecular weight is 284 g/mol. The minimum Gasteiger partial charge on any atom is -0.416 e. The van der Waals surface area contributed by atoms with Crippen molar-refractivity contribution in [3.05, 3.63) is 11.6 Å². The number of nitrogens with one attached hydrogen (secondary N) is 1. The molecule has 0 unspecified atom stereocenters. The number of nitrogens with two attached hydrogens (primary N) is 1. The van der Waals surface area contributed by atoms with Crippen LogP contribution in [-0.2, 0) is 9.22 Å². The van der Waals surface area contributed by atoms with Gasteiger partial charge in [-0.3, -0.25) is 4.79 Å². The van der Waals surface area contributed by atoms with E-state index in [0.29, 0.717) is 12.5 Å². The van der Waals surface area contributed by atoms with E-state index < -0.39 is 8.32 Å². The van der Waals surface area contributed by atoms with Crippen LogP contribution in [0, 0.1) is 5.92 Å². The number of primary amides is 1. The summed E-state index contributed by atoms with van der Waals surface area (Å²) in [6.07, 6.45) is 2.12. The predicted octanol–water partition coefficient (Wildman–Crippen LogP) is 2.03. The lowest BCUT2D eigenvalue weighted by Gasteiger charge is -2.37. The van der Waals surface area contributed by atoms with Gasteiger partial charge in [-0.25, -0.2) is 0 Å².